The highest BCUT2D eigenvalue weighted by Gasteiger charge is 2.40. The van der Waals surface area contributed by atoms with Gasteiger partial charge in [-0.05, 0) is 44.1 Å². The molecule has 1 aliphatic rings. The van der Waals surface area contributed by atoms with Gasteiger partial charge in [-0.3, -0.25) is 0 Å². The Kier molecular flexibility index (Phi) is 4.89. The highest BCUT2D eigenvalue weighted by molar-refractivity contribution is 5.95. The van der Waals surface area contributed by atoms with Crippen molar-refractivity contribution in [3.63, 3.8) is 0 Å². The molecule has 2 rings (SSSR count). The van der Waals surface area contributed by atoms with Gasteiger partial charge in [0, 0.05) is 0 Å². The predicted molar refractivity (Wildman–Crippen MR) is 85.4 cm³/mol. The Morgan fingerprint density at radius 1 is 1.22 bits per heavy atom. The summed E-state index contributed by atoms with van der Waals surface area (Å²) in [6.07, 6.45) is 3.22. The Morgan fingerprint density at radius 2 is 1.87 bits per heavy atom. The van der Waals surface area contributed by atoms with Crippen molar-refractivity contribution in [2.75, 3.05) is 13.7 Å². The average Bonchev–Trinajstić information content (AvgIpc) is 2.54. The van der Waals surface area contributed by atoms with E-state index >= 15 is 0 Å². The Bertz CT molecular complexity index is 669. The number of aryl methyl sites for hydroxylation is 1. The third-order valence-corrected chi connectivity index (χ3v) is 3.49. The van der Waals surface area contributed by atoms with Crippen LogP contribution in [0, 0.1) is 6.92 Å². The number of hydrogen-bond acceptors (Lipinski definition) is 5. The largest absolute Gasteiger partial charge is 0.464 e. The second-order valence-corrected chi connectivity index (χ2v) is 5.40. The van der Waals surface area contributed by atoms with Gasteiger partial charge in [0.1, 0.15) is 0 Å². The van der Waals surface area contributed by atoms with E-state index in [1.165, 1.54) is 7.11 Å². The van der Waals surface area contributed by atoms with Crippen LogP contribution in [0.15, 0.2) is 42.2 Å². The molecule has 1 aromatic carbocycles. The van der Waals surface area contributed by atoms with Gasteiger partial charge in [-0.15, -0.1) is 0 Å². The molecule has 1 aliphatic heterocycles. The average molecular weight is 316 g/mol. The SMILES string of the molecule is CCOC(=O)C1(C)C=C(c2ccc(C)cc2)C=C(C(=O)OC)O1. The quantitative estimate of drug-likeness (QED) is 0.799. The van der Waals surface area contributed by atoms with E-state index in [0.29, 0.717) is 5.57 Å². The summed E-state index contributed by atoms with van der Waals surface area (Å²) in [5, 5.41) is 0. The van der Waals surface area contributed by atoms with Crippen molar-refractivity contribution in [2.24, 2.45) is 0 Å². The number of esters is 2. The standard InChI is InChI=1S/C18H20O5/c1-5-22-17(20)18(3)11-14(10-15(23-18)16(19)21-4)13-8-6-12(2)7-9-13/h6-11H,5H2,1-4H3. The molecule has 1 unspecified atom stereocenters. The first-order valence-corrected chi connectivity index (χ1v) is 7.35. The number of hydrogen-bond donors (Lipinski definition) is 0. The molecule has 0 bridgehead atoms. The first kappa shape index (κ1) is 16.8. The summed E-state index contributed by atoms with van der Waals surface area (Å²) in [5.41, 5.74) is 1.31. The van der Waals surface area contributed by atoms with Gasteiger partial charge in [-0.1, -0.05) is 29.8 Å². The number of carbonyl (C=O) groups is 2. The summed E-state index contributed by atoms with van der Waals surface area (Å²) < 4.78 is 15.3. The maximum atomic E-state index is 12.2. The highest BCUT2D eigenvalue weighted by atomic mass is 16.6. The number of allylic oxidation sites excluding steroid dienone is 2. The van der Waals surface area contributed by atoms with Gasteiger partial charge in [-0.25, -0.2) is 9.59 Å². The molecule has 0 aromatic heterocycles. The van der Waals surface area contributed by atoms with E-state index in [1.54, 1.807) is 26.0 Å². The van der Waals surface area contributed by atoms with Gasteiger partial charge >= 0.3 is 11.9 Å². The lowest BCUT2D eigenvalue weighted by atomic mass is 9.94. The molecule has 0 amide bonds. The lowest BCUT2D eigenvalue weighted by molar-refractivity contribution is -0.163. The fourth-order valence-electron chi connectivity index (χ4n) is 2.26. The molecule has 1 aromatic rings. The number of carbonyl (C=O) groups excluding carboxylic acids is 2. The number of ether oxygens (including phenoxy) is 3. The summed E-state index contributed by atoms with van der Waals surface area (Å²) in [5.74, 6) is -1.22. The van der Waals surface area contributed by atoms with E-state index in [-0.39, 0.29) is 12.4 Å². The Labute approximate surface area is 135 Å². The molecule has 23 heavy (non-hydrogen) atoms. The molecule has 0 fully saturated rings. The van der Waals surface area contributed by atoms with Gasteiger partial charge in [-0.2, -0.15) is 0 Å². The summed E-state index contributed by atoms with van der Waals surface area (Å²) in [6.45, 7) is 5.49. The maximum absolute atomic E-state index is 12.2. The van der Waals surface area contributed by atoms with Crippen LogP contribution >= 0.6 is 0 Å². The van der Waals surface area contributed by atoms with Crippen LogP contribution in [0.3, 0.4) is 0 Å². The van der Waals surface area contributed by atoms with Crippen molar-refractivity contribution in [3.05, 3.63) is 53.3 Å². The molecule has 0 saturated heterocycles. The molecule has 0 radical (unpaired) electrons. The summed E-state index contributed by atoms with van der Waals surface area (Å²) in [6, 6.07) is 7.75. The van der Waals surface area contributed by atoms with Gasteiger partial charge in [0.15, 0.2) is 0 Å². The van der Waals surface area contributed by atoms with Gasteiger partial charge < -0.3 is 14.2 Å². The minimum Gasteiger partial charge on any atom is -0.464 e. The van der Waals surface area contributed by atoms with Crippen LogP contribution in [0.5, 0.6) is 0 Å². The van der Waals surface area contributed by atoms with E-state index < -0.39 is 17.5 Å². The molecule has 0 saturated carbocycles. The van der Waals surface area contributed by atoms with Crippen LogP contribution in [0.25, 0.3) is 5.57 Å². The van der Waals surface area contributed by atoms with Gasteiger partial charge in [0.25, 0.3) is 0 Å². The first-order valence-electron chi connectivity index (χ1n) is 7.35. The third-order valence-electron chi connectivity index (χ3n) is 3.49. The zero-order chi connectivity index (χ0) is 17.0. The molecule has 5 heteroatoms. The molecular weight excluding hydrogens is 296 g/mol. The molecule has 122 valence electrons. The Balaban J connectivity index is 2.48. The molecule has 0 aliphatic carbocycles. The minimum absolute atomic E-state index is 0.0267. The van der Waals surface area contributed by atoms with Crippen molar-refractivity contribution in [1.29, 1.82) is 0 Å². The normalized spacial score (nSPS) is 20.0. The maximum Gasteiger partial charge on any atom is 0.373 e. The van der Waals surface area contributed by atoms with E-state index in [2.05, 4.69) is 0 Å². The number of rotatable bonds is 4. The van der Waals surface area contributed by atoms with Crippen LogP contribution in [0.4, 0.5) is 0 Å². The Hall–Kier alpha value is -2.56. The van der Waals surface area contributed by atoms with Crippen molar-refractivity contribution < 1.29 is 23.8 Å². The van der Waals surface area contributed by atoms with Crippen LogP contribution in [-0.2, 0) is 23.8 Å². The zero-order valence-corrected chi connectivity index (χ0v) is 13.7. The third kappa shape index (κ3) is 3.62. The van der Waals surface area contributed by atoms with Crippen LogP contribution in [0.1, 0.15) is 25.0 Å². The monoisotopic (exact) mass is 316 g/mol. The van der Waals surface area contributed by atoms with Crippen LogP contribution < -0.4 is 0 Å². The fourth-order valence-corrected chi connectivity index (χ4v) is 2.26. The first-order chi connectivity index (χ1) is 10.9. The summed E-state index contributed by atoms with van der Waals surface area (Å²) in [7, 11) is 1.26. The van der Waals surface area contributed by atoms with E-state index in [0.717, 1.165) is 11.1 Å². The van der Waals surface area contributed by atoms with Crippen molar-refractivity contribution >= 4 is 17.5 Å². The highest BCUT2D eigenvalue weighted by Crippen LogP contribution is 2.32. The molecular formula is C18H20O5. The predicted octanol–water partition coefficient (Wildman–Crippen LogP) is 2.79. The topological polar surface area (TPSA) is 61.8 Å². The second-order valence-electron chi connectivity index (χ2n) is 5.40. The second kappa shape index (κ2) is 6.69. The van der Waals surface area contributed by atoms with Crippen molar-refractivity contribution in [2.45, 2.75) is 26.4 Å². The molecule has 1 atom stereocenters. The number of methoxy groups -OCH3 is 1. The van der Waals surface area contributed by atoms with Crippen LogP contribution in [0.2, 0.25) is 0 Å². The van der Waals surface area contributed by atoms with Gasteiger partial charge in [0.05, 0.1) is 13.7 Å². The smallest absolute Gasteiger partial charge is 0.373 e. The lowest BCUT2D eigenvalue weighted by Crippen LogP contribution is -2.40. The molecule has 5 nitrogen and oxygen atoms in total. The molecule has 0 spiro atoms. The minimum atomic E-state index is -1.38. The molecule has 1 heterocycles. The lowest BCUT2D eigenvalue weighted by Gasteiger charge is -2.30. The van der Waals surface area contributed by atoms with Crippen LogP contribution in [-0.4, -0.2) is 31.3 Å². The zero-order valence-electron chi connectivity index (χ0n) is 13.7. The van der Waals surface area contributed by atoms with Gasteiger partial charge in [0.2, 0.25) is 11.4 Å². The van der Waals surface area contributed by atoms with E-state index in [4.69, 9.17) is 14.2 Å². The fraction of sp³-hybridized carbons (Fsp3) is 0.333. The van der Waals surface area contributed by atoms with E-state index in [1.807, 2.05) is 31.2 Å². The van der Waals surface area contributed by atoms with Crippen molar-refractivity contribution in [3.8, 4) is 0 Å². The number of benzene rings is 1. The van der Waals surface area contributed by atoms with Crippen molar-refractivity contribution in [1.82, 2.24) is 0 Å². The molecule has 0 N–H and O–H groups in total. The van der Waals surface area contributed by atoms with E-state index in [9.17, 15) is 9.59 Å². The summed E-state index contributed by atoms with van der Waals surface area (Å²) >= 11 is 0. The summed E-state index contributed by atoms with van der Waals surface area (Å²) in [4.78, 5) is 24.1. The Morgan fingerprint density at radius 3 is 2.43 bits per heavy atom.